The Morgan fingerprint density at radius 1 is 1.30 bits per heavy atom. The van der Waals surface area contributed by atoms with E-state index < -0.39 is 0 Å². The predicted molar refractivity (Wildman–Crippen MR) is 38.1 cm³/mol. The first-order valence-corrected chi connectivity index (χ1v) is 3.87. The number of hydrogen-bond donors (Lipinski definition) is 1. The highest BCUT2D eigenvalue weighted by Gasteiger charge is 2.19. The van der Waals surface area contributed by atoms with Crippen LogP contribution in [0.5, 0.6) is 0 Å². The number of aliphatic hydroxyl groups excluding tert-OH is 1. The Hall–Kier alpha value is -0.550. The molecule has 0 aliphatic heterocycles. The minimum Gasteiger partial charge on any atom is -0.396 e. The molecule has 0 heterocycles. The minimum absolute atomic E-state index is 0.266. The largest absolute Gasteiger partial charge is 0.396 e. The molecule has 0 unspecified atom stereocenters. The molecule has 0 spiro atoms. The quantitative estimate of drug-likeness (QED) is 0.595. The van der Waals surface area contributed by atoms with E-state index in [1.165, 1.54) is 0 Å². The van der Waals surface area contributed by atoms with E-state index in [2.05, 4.69) is 6.07 Å². The summed E-state index contributed by atoms with van der Waals surface area (Å²) >= 11 is 0. The fraction of sp³-hybridized carbons (Fsp3) is 0.875. The molecule has 0 bridgehead atoms. The summed E-state index contributed by atoms with van der Waals surface area (Å²) < 4.78 is 0. The Kier molecular flexibility index (Phi) is 2.70. The molecule has 1 N–H and O–H groups in total. The van der Waals surface area contributed by atoms with Crippen molar-refractivity contribution in [2.24, 2.45) is 11.8 Å². The zero-order chi connectivity index (χ0) is 7.40. The van der Waals surface area contributed by atoms with Crippen molar-refractivity contribution in [3.63, 3.8) is 0 Å². The van der Waals surface area contributed by atoms with Gasteiger partial charge in [-0.1, -0.05) is 0 Å². The lowest BCUT2D eigenvalue weighted by molar-refractivity contribution is 0.179. The fourth-order valence-electron chi connectivity index (χ4n) is 1.47. The lowest BCUT2D eigenvalue weighted by atomic mass is 9.83. The average molecular weight is 139 g/mol. The van der Waals surface area contributed by atoms with Crippen LogP contribution in [-0.2, 0) is 0 Å². The van der Waals surface area contributed by atoms with Crippen LogP contribution in [0.4, 0.5) is 0 Å². The van der Waals surface area contributed by atoms with Crippen molar-refractivity contribution in [2.45, 2.75) is 25.7 Å². The molecule has 0 aromatic rings. The molecule has 1 aliphatic carbocycles. The molecule has 1 rings (SSSR count). The zero-order valence-electron chi connectivity index (χ0n) is 6.08. The van der Waals surface area contributed by atoms with Gasteiger partial charge in [0.2, 0.25) is 0 Å². The van der Waals surface area contributed by atoms with E-state index in [4.69, 9.17) is 10.4 Å². The van der Waals surface area contributed by atoms with E-state index in [1.54, 1.807) is 0 Å². The molecule has 56 valence electrons. The highest BCUT2D eigenvalue weighted by molar-refractivity contribution is 4.86. The Labute approximate surface area is 61.5 Å². The minimum atomic E-state index is 0.266. The van der Waals surface area contributed by atoms with Crippen LogP contribution in [0.1, 0.15) is 25.7 Å². The number of nitriles is 1. The van der Waals surface area contributed by atoms with Gasteiger partial charge in [-0.3, -0.25) is 0 Å². The lowest BCUT2D eigenvalue weighted by Gasteiger charge is -2.22. The van der Waals surface area contributed by atoms with Crippen molar-refractivity contribution >= 4 is 0 Å². The van der Waals surface area contributed by atoms with Gasteiger partial charge in [0.1, 0.15) is 0 Å². The van der Waals surface area contributed by atoms with Gasteiger partial charge >= 0.3 is 0 Å². The van der Waals surface area contributed by atoms with Gasteiger partial charge in [0.05, 0.1) is 6.07 Å². The van der Waals surface area contributed by atoms with Crippen molar-refractivity contribution in [3.05, 3.63) is 0 Å². The van der Waals surface area contributed by atoms with Crippen molar-refractivity contribution < 1.29 is 5.11 Å². The van der Waals surface area contributed by atoms with E-state index in [-0.39, 0.29) is 5.92 Å². The van der Waals surface area contributed by atoms with Gasteiger partial charge in [-0.15, -0.1) is 0 Å². The van der Waals surface area contributed by atoms with Gasteiger partial charge in [-0.05, 0) is 31.6 Å². The molecule has 1 aliphatic rings. The molecular formula is C8H13NO. The maximum Gasteiger partial charge on any atom is 0.0655 e. The standard InChI is InChI=1S/C8H13NO/c9-5-7-1-3-8(6-10)4-2-7/h7-8,10H,1-4,6H2. The molecule has 10 heavy (non-hydrogen) atoms. The van der Waals surface area contributed by atoms with Crippen LogP contribution in [0.2, 0.25) is 0 Å². The molecule has 2 nitrogen and oxygen atoms in total. The molecule has 0 radical (unpaired) electrons. The normalized spacial score (nSPS) is 33.2. The summed E-state index contributed by atoms with van der Waals surface area (Å²) in [5.74, 6) is 0.743. The van der Waals surface area contributed by atoms with Gasteiger partial charge in [-0.2, -0.15) is 5.26 Å². The van der Waals surface area contributed by atoms with Gasteiger partial charge in [0.15, 0.2) is 0 Å². The maximum atomic E-state index is 8.77. The lowest BCUT2D eigenvalue weighted by Crippen LogP contribution is -2.15. The molecule has 1 fully saturated rings. The second-order valence-electron chi connectivity index (χ2n) is 3.03. The molecule has 0 amide bonds. The van der Waals surface area contributed by atoms with Crippen molar-refractivity contribution in [2.75, 3.05) is 6.61 Å². The predicted octanol–water partition coefficient (Wildman–Crippen LogP) is 1.31. The van der Waals surface area contributed by atoms with Crippen molar-refractivity contribution in [1.82, 2.24) is 0 Å². The summed E-state index contributed by atoms with van der Waals surface area (Å²) in [6, 6.07) is 2.27. The maximum absolute atomic E-state index is 8.77. The highest BCUT2D eigenvalue weighted by Crippen LogP contribution is 2.27. The van der Waals surface area contributed by atoms with Gasteiger partial charge in [0.25, 0.3) is 0 Å². The molecule has 0 aromatic carbocycles. The number of rotatable bonds is 1. The first-order valence-electron chi connectivity index (χ1n) is 3.87. The average Bonchev–Trinajstić information content (AvgIpc) is 2.05. The van der Waals surface area contributed by atoms with Crippen molar-refractivity contribution in [1.29, 1.82) is 5.26 Å². The third kappa shape index (κ3) is 1.71. The molecule has 0 atom stereocenters. The van der Waals surface area contributed by atoms with E-state index in [0.717, 1.165) is 25.7 Å². The van der Waals surface area contributed by atoms with Crippen LogP contribution in [0.25, 0.3) is 0 Å². The summed E-state index contributed by atoms with van der Waals surface area (Å²) in [7, 11) is 0. The topological polar surface area (TPSA) is 44.0 Å². The van der Waals surface area contributed by atoms with Crippen LogP contribution < -0.4 is 0 Å². The molecule has 0 saturated heterocycles. The monoisotopic (exact) mass is 139 g/mol. The van der Waals surface area contributed by atoms with Gasteiger partial charge < -0.3 is 5.11 Å². The molecule has 2 heteroatoms. The summed E-state index contributed by atoms with van der Waals surface area (Å²) in [5, 5.41) is 17.3. The summed E-state index contributed by atoms with van der Waals surface area (Å²) in [4.78, 5) is 0. The summed E-state index contributed by atoms with van der Waals surface area (Å²) in [6.45, 7) is 0.304. The van der Waals surface area contributed by atoms with Crippen LogP contribution in [0.3, 0.4) is 0 Å². The van der Waals surface area contributed by atoms with Crippen LogP contribution in [-0.4, -0.2) is 11.7 Å². The number of aliphatic hydroxyl groups is 1. The smallest absolute Gasteiger partial charge is 0.0655 e. The Morgan fingerprint density at radius 3 is 2.30 bits per heavy atom. The second-order valence-corrected chi connectivity index (χ2v) is 3.03. The van der Waals surface area contributed by atoms with E-state index in [1.807, 2.05) is 0 Å². The first-order chi connectivity index (χ1) is 4.86. The Bertz CT molecular complexity index is 131. The van der Waals surface area contributed by atoms with Crippen LogP contribution in [0.15, 0.2) is 0 Å². The number of nitrogens with zero attached hydrogens (tertiary/aromatic N) is 1. The first kappa shape index (κ1) is 7.56. The van der Waals surface area contributed by atoms with E-state index >= 15 is 0 Å². The Balaban J connectivity index is 2.25. The fourth-order valence-corrected chi connectivity index (χ4v) is 1.47. The van der Waals surface area contributed by atoms with Crippen molar-refractivity contribution in [3.8, 4) is 6.07 Å². The molecular weight excluding hydrogens is 126 g/mol. The highest BCUT2D eigenvalue weighted by atomic mass is 16.3. The zero-order valence-corrected chi connectivity index (χ0v) is 6.08. The van der Waals surface area contributed by atoms with Gasteiger partial charge in [0, 0.05) is 12.5 Å². The summed E-state index contributed by atoms with van der Waals surface area (Å²) in [5.41, 5.74) is 0. The van der Waals surface area contributed by atoms with Crippen LogP contribution in [0, 0.1) is 23.2 Å². The van der Waals surface area contributed by atoms with Crippen LogP contribution >= 0.6 is 0 Å². The third-order valence-electron chi connectivity index (χ3n) is 2.29. The molecule has 0 aromatic heterocycles. The molecule has 1 saturated carbocycles. The number of hydrogen-bond acceptors (Lipinski definition) is 2. The second kappa shape index (κ2) is 3.58. The third-order valence-corrected chi connectivity index (χ3v) is 2.29. The van der Waals surface area contributed by atoms with E-state index in [0.29, 0.717) is 12.5 Å². The van der Waals surface area contributed by atoms with Gasteiger partial charge in [-0.25, -0.2) is 0 Å². The summed E-state index contributed by atoms with van der Waals surface area (Å²) in [6.07, 6.45) is 4.05. The SMILES string of the molecule is N#CC1CCC(CO)CC1. The Morgan fingerprint density at radius 2 is 1.90 bits per heavy atom. The van der Waals surface area contributed by atoms with E-state index in [9.17, 15) is 0 Å².